The van der Waals surface area contributed by atoms with E-state index in [1.807, 2.05) is 0 Å². The second kappa shape index (κ2) is 4.04. The minimum Gasteiger partial charge on any atom is -0.384 e. The SMILES string of the molecule is CCCCC1CNc2cc(C)ccc21. The van der Waals surface area contributed by atoms with E-state index in [-0.39, 0.29) is 0 Å². The Bertz CT molecular complexity index is 317. The van der Waals surface area contributed by atoms with E-state index in [0.29, 0.717) is 0 Å². The molecular weight excluding hydrogens is 170 g/mol. The van der Waals surface area contributed by atoms with Crippen molar-refractivity contribution in [2.24, 2.45) is 0 Å². The molecule has 1 aromatic rings. The number of unbranched alkanes of at least 4 members (excludes halogenated alkanes) is 1. The van der Waals surface area contributed by atoms with E-state index in [0.717, 1.165) is 12.5 Å². The van der Waals surface area contributed by atoms with Gasteiger partial charge in [-0.15, -0.1) is 0 Å². The zero-order valence-electron chi connectivity index (χ0n) is 9.14. The summed E-state index contributed by atoms with van der Waals surface area (Å²) >= 11 is 0. The number of nitrogens with one attached hydrogen (secondary N) is 1. The maximum absolute atomic E-state index is 3.50. The second-order valence-electron chi connectivity index (χ2n) is 4.31. The van der Waals surface area contributed by atoms with Crippen molar-refractivity contribution in [1.29, 1.82) is 0 Å². The van der Waals surface area contributed by atoms with Crippen LogP contribution in [0, 0.1) is 6.92 Å². The molecular formula is C13H19N. The molecule has 1 aliphatic rings. The normalized spacial score (nSPS) is 19.1. The Kier molecular flexibility index (Phi) is 2.76. The summed E-state index contributed by atoms with van der Waals surface area (Å²) in [7, 11) is 0. The zero-order valence-corrected chi connectivity index (χ0v) is 9.14. The van der Waals surface area contributed by atoms with Gasteiger partial charge in [-0.05, 0) is 30.5 Å². The molecule has 1 aromatic carbocycles. The van der Waals surface area contributed by atoms with Crippen molar-refractivity contribution >= 4 is 5.69 Å². The van der Waals surface area contributed by atoms with Gasteiger partial charge in [-0.2, -0.15) is 0 Å². The van der Waals surface area contributed by atoms with E-state index in [1.54, 1.807) is 0 Å². The van der Waals surface area contributed by atoms with Crippen LogP contribution in [0.5, 0.6) is 0 Å². The predicted octanol–water partition coefficient (Wildman–Crippen LogP) is 3.69. The molecule has 1 nitrogen and oxygen atoms in total. The highest BCUT2D eigenvalue weighted by Crippen LogP contribution is 2.34. The Morgan fingerprint density at radius 1 is 1.43 bits per heavy atom. The highest BCUT2D eigenvalue weighted by molar-refractivity contribution is 5.59. The molecule has 2 rings (SSSR count). The van der Waals surface area contributed by atoms with Crippen LogP contribution in [0.3, 0.4) is 0 Å². The van der Waals surface area contributed by atoms with Crippen LogP contribution in [0.2, 0.25) is 0 Å². The number of hydrogen-bond acceptors (Lipinski definition) is 1. The van der Waals surface area contributed by atoms with Crippen LogP contribution in [-0.2, 0) is 0 Å². The molecule has 76 valence electrons. The first-order valence-corrected chi connectivity index (χ1v) is 5.65. The Balaban J connectivity index is 2.14. The molecule has 0 bridgehead atoms. The Hall–Kier alpha value is -0.980. The number of hydrogen-bond donors (Lipinski definition) is 1. The third-order valence-electron chi connectivity index (χ3n) is 3.09. The van der Waals surface area contributed by atoms with Gasteiger partial charge in [-0.1, -0.05) is 31.9 Å². The van der Waals surface area contributed by atoms with Crippen molar-refractivity contribution in [2.45, 2.75) is 39.0 Å². The van der Waals surface area contributed by atoms with Crippen molar-refractivity contribution in [2.75, 3.05) is 11.9 Å². The molecule has 1 heterocycles. The fourth-order valence-corrected chi connectivity index (χ4v) is 2.23. The Labute approximate surface area is 86.5 Å². The summed E-state index contributed by atoms with van der Waals surface area (Å²) in [6.45, 7) is 5.55. The average Bonchev–Trinajstić information content (AvgIpc) is 2.57. The summed E-state index contributed by atoms with van der Waals surface area (Å²) < 4.78 is 0. The molecule has 1 aliphatic heterocycles. The van der Waals surface area contributed by atoms with Gasteiger partial charge in [0.25, 0.3) is 0 Å². The van der Waals surface area contributed by atoms with Gasteiger partial charge >= 0.3 is 0 Å². The van der Waals surface area contributed by atoms with Crippen molar-refractivity contribution in [3.63, 3.8) is 0 Å². The van der Waals surface area contributed by atoms with Crippen molar-refractivity contribution < 1.29 is 0 Å². The molecule has 0 aromatic heterocycles. The number of aryl methyl sites for hydroxylation is 1. The molecule has 1 N–H and O–H groups in total. The first-order chi connectivity index (χ1) is 6.81. The van der Waals surface area contributed by atoms with Gasteiger partial charge in [-0.25, -0.2) is 0 Å². The van der Waals surface area contributed by atoms with Crippen molar-refractivity contribution in [3.8, 4) is 0 Å². The van der Waals surface area contributed by atoms with Crippen LogP contribution in [-0.4, -0.2) is 6.54 Å². The van der Waals surface area contributed by atoms with Gasteiger partial charge in [0.05, 0.1) is 0 Å². The van der Waals surface area contributed by atoms with Crippen LogP contribution >= 0.6 is 0 Å². The second-order valence-corrected chi connectivity index (χ2v) is 4.31. The van der Waals surface area contributed by atoms with E-state index >= 15 is 0 Å². The Morgan fingerprint density at radius 2 is 2.29 bits per heavy atom. The summed E-state index contributed by atoms with van der Waals surface area (Å²) in [5.41, 5.74) is 4.25. The highest BCUT2D eigenvalue weighted by atomic mass is 14.9. The summed E-state index contributed by atoms with van der Waals surface area (Å²) in [5.74, 6) is 0.755. The zero-order chi connectivity index (χ0) is 9.97. The molecule has 0 amide bonds. The van der Waals surface area contributed by atoms with Gasteiger partial charge in [0.15, 0.2) is 0 Å². The van der Waals surface area contributed by atoms with E-state index in [9.17, 15) is 0 Å². The van der Waals surface area contributed by atoms with Crippen LogP contribution in [0.4, 0.5) is 5.69 Å². The number of anilines is 1. The number of fused-ring (bicyclic) bond motifs is 1. The summed E-state index contributed by atoms with van der Waals surface area (Å²) in [4.78, 5) is 0. The van der Waals surface area contributed by atoms with Crippen LogP contribution in [0.1, 0.15) is 43.2 Å². The fourth-order valence-electron chi connectivity index (χ4n) is 2.23. The third-order valence-corrected chi connectivity index (χ3v) is 3.09. The lowest BCUT2D eigenvalue weighted by Gasteiger charge is -2.08. The molecule has 0 spiro atoms. The smallest absolute Gasteiger partial charge is 0.0379 e. The first-order valence-electron chi connectivity index (χ1n) is 5.65. The monoisotopic (exact) mass is 189 g/mol. The van der Waals surface area contributed by atoms with Gasteiger partial charge in [-0.3, -0.25) is 0 Å². The summed E-state index contributed by atoms with van der Waals surface area (Å²) in [6.07, 6.45) is 3.98. The first kappa shape index (κ1) is 9.57. The molecule has 1 atom stereocenters. The molecule has 1 heteroatoms. The molecule has 0 saturated carbocycles. The molecule has 0 saturated heterocycles. The van der Waals surface area contributed by atoms with Crippen LogP contribution < -0.4 is 5.32 Å². The van der Waals surface area contributed by atoms with Gasteiger partial charge in [0.2, 0.25) is 0 Å². The summed E-state index contributed by atoms with van der Waals surface area (Å²) in [5, 5.41) is 3.50. The maximum Gasteiger partial charge on any atom is 0.0379 e. The van der Waals surface area contributed by atoms with Gasteiger partial charge in [0.1, 0.15) is 0 Å². The maximum atomic E-state index is 3.50. The largest absolute Gasteiger partial charge is 0.384 e. The number of rotatable bonds is 3. The topological polar surface area (TPSA) is 12.0 Å². The minimum absolute atomic E-state index is 0.755. The quantitative estimate of drug-likeness (QED) is 0.764. The van der Waals surface area contributed by atoms with Crippen molar-refractivity contribution in [3.05, 3.63) is 29.3 Å². The summed E-state index contributed by atoms with van der Waals surface area (Å²) in [6, 6.07) is 6.79. The van der Waals surface area contributed by atoms with E-state index in [1.165, 1.54) is 36.1 Å². The lowest BCUT2D eigenvalue weighted by atomic mass is 9.95. The highest BCUT2D eigenvalue weighted by Gasteiger charge is 2.20. The lowest BCUT2D eigenvalue weighted by molar-refractivity contribution is 0.622. The average molecular weight is 189 g/mol. The molecule has 0 aliphatic carbocycles. The molecule has 0 fully saturated rings. The number of benzene rings is 1. The van der Waals surface area contributed by atoms with E-state index in [4.69, 9.17) is 0 Å². The van der Waals surface area contributed by atoms with E-state index in [2.05, 4.69) is 37.4 Å². The van der Waals surface area contributed by atoms with Crippen LogP contribution in [0.15, 0.2) is 18.2 Å². The molecule has 0 radical (unpaired) electrons. The standard InChI is InChI=1S/C13H19N/c1-3-4-5-11-9-14-13-8-10(2)6-7-12(11)13/h6-8,11,14H,3-5,9H2,1-2H3. The minimum atomic E-state index is 0.755. The van der Waals surface area contributed by atoms with Gasteiger partial charge in [0, 0.05) is 18.2 Å². The fraction of sp³-hybridized carbons (Fsp3) is 0.538. The van der Waals surface area contributed by atoms with Crippen LogP contribution in [0.25, 0.3) is 0 Å². The van der Waals surface area contributed by atoms with Crippen molar-refractivity contribution in [1.82, 2.24) is 0 Å². The van der Waals surface area contributed by atoms with E-state index < -0.39 is 0 Å². The molecule has 1 unspecified atom stereocenters. The Morgan fingerprint density at radius 3 is 3.07 bits per heavy atom. The predicted molar refractivity (Wildman–Crippen MR) is 61.9 cm³/mol. The lowest BCUT2D eigenvalue weighted by Crippen LogP contribution is -2.01. The third kappa shape index (κ3) is 1.77. The van der Waals surface area contributed by atoms with Gasteiger partial charge < -0.3 is 5.32 Å². The molecule has 14 heavy (non-hydrogen) atoms.